The highest BCUT2D eigenvalue weighted by Gasteiger charge is 2.33. The number of hydrogen-bond donors (Lipinski definition) is 1. The van der Waals surface area contributed by atoms with Crippen LogP contribution in [0.15, 0.2) is 30.5 Å². The summed E-state index contributed by atoms with van der Waals surface area (Å²) in [7, 11) is 0. The zero-order valence-corrected chi connectivity index (χ0v) is 15.4. The van der Waals surface area contributed by atoms with E-state index in [0.29, 0.717) is 29.1 Å². The van der Waals surface area contributed by atoms with Crippen molar-refractivity contribution in [3.8, 4) is 0 Å². The third-order valence-electron chi connectivity index (χ3n) is 4.41. The molecule has 1 N–H and O–H groups in total. The molecule has 1 aromatic heterocycles. The number of halogens is 4. The number of amides is 2. The van der Waals surface area contributed by atoms with E-state index in [9.17, 15) is 22.8 Å². The Balaban J connectivity index is 1.58. The van der Waals surface area contributed by atoms with Crippen LogP contribution in [0.25, 0.3) is 10.9 Å². The molecular formula is C18H17ClF3N3O3. The van der Waals surface area contributed by atoms with Crippen LogP contribution in [-0.4, -0.2) is 47.8 Å². The maximum Gasteiger partial charge on any atom is 0.422 e. The predicted molar refractivity (Wildman–Crippen MR) is 97.1 cm³/mol. The lowest BCUT2D eigenvalue weighted by Crippen LogP contribution is -2.42. The molecular weight excluding hydrogens is 399 g/mol. The van der Waals surface area contributed by atoms with E-state index >= 15 is 0 Å². The zero-order chi connectivity index (χ0) is 20.3. The molecule has 3 rings (SSSR count). The number of aromatic nitrogens is 1. The first-order valence-electron chi connectivity index (χ1n) is 8.56. The predicted octanol–water partition coefficient (Wildman–Crippen LogP) is 4.24. The van der Waals surface area contributed by atoms with E-state index in [4.69, 9.17) is 11.6 Å². The van der Waals surface area contributed by atoms with Crippen molar-refractivity contribution in [2.45, 2.75) is 19.0 Å². The third kappa shape index (κ3) is 5.03. The minimum atomic E-state index is -4.57. The van der Waals surface area contributed by atoms with Crippen molar-refractivity contribution in [3.05, 3.63) is 35.5 Å². The number of pyridine rings is 1. The van der Waals surface area contributed by atoms with Crippen molar-refractivity contribution in [1.29, 1.82) is 0 Å². The molecule has 2 heterocycles. The Labute approximate surface area is 163 Å². The Morgan fingerprint density at radius 1 is 1.29 bits per heavy atom. The van der Waals surface area contributed by atoms with E-state index in [0.717, 1.165) is 5.39 Å². The highest BCUT2D eigenvalue weighted by molar-refractivity contribution is 6.32. The van der Waals surface area contributed by atoms with Crippen molar-refractivity contribution in [1.82, 2.24) is 9.88 Å². The van der Waals surface area contributed by atoms with Crippen LogP contribution in [0.4, 0.5) is 23.7 Å². The van der Waals surface area contributed by atoms with Gasteiger partial charge in [-0.3, -0.25) is 9.78 Å². The number of carbonyl (C=O) groups excluding carboxylic acids is 2. The molecule has 0 radical (unpaired) electrons. The summed E-state index contributed by atoms with van der Waals surface area (Å²) < 4.78 is 40.6. The summed E-state index contributed by atoms with van der Waals surface area (Å²) in [6.07, 6.45) is -3.35. The molecule has 0 aliphatic carbocycles. The molecule has 2 aromatic rings. The summed E-state index contributed by atoms with van der Waals surface area (Å²) in [5.74, 6) is -0.637. The van der Waals surface area contributed by atoms with Gasteiger partial charge in [0.15, 0.2) is 6.61 Å². The van der Waals surface area contributed by atoms with Gasteiger partial charge in [0, 0.05) is 35.6 Å². The van der Waals surface area contributed by atoms with Crippen molar-refractivity contribution < 1.29 is 27.5 Å². The molecule has 0 spiro atoms. The van der Waals surface area contributed by atoms with E-state index in [1.807, 2.05) is 6.07 Å². The molecule has 150 valence electrons. The lowest BCUT2D eigenvalue weighted by Gasteiger charge is -2.30. The van der Waals surface area contributed by atoms with Gasteiger partial charge < -0.3 is 15.0 Å². The molecule has 6 nitrogen and oxygen atoms in total. The van der Waals surface area contributed by atoms with Crippen LogP contribution in [0.2, 0.25) is 5.02 Å². The summed E-state index contributed by atoms with van der Waals surface area (Å²) in [4.78, 5) is 29.7. The average molecular weight is 416 g/mol. The highest BCUT2D eigenvalue weighted by atomic mass is 35.5. The molecule has 10 heteroatoms. The van der Waals surface area contributed by atoms with E-state index in [-0.39, 0.29) is 24.9 Å². The maximum atomic E-state index is 12.6. The summed E-state index contributed by atoms with van der Waals surface area (Å²) in [6.45, 7) is -1.34. The van der Waals surface area contributed by atoms with E-state index in [1.54, 1.807) is 24.4 Å². The van der Waals surface area contributed by atoms with Gasteiger partial charge in [-0.05, 0) is 31.0 Å². The first-order chi connectivity index (χ1) is 13.2. The number of benzene rings is 1. The molecule has 1 fully saturated rings. The molecule has 0 bridgehead atoms. The number of alkyl halides is 3. The molecule has 28 heavy (non-hydrogen) atoms. The number of nitrogens with zero attached hydrogens (tertiary/aromatic N) is 2. The molecule has 0 atom stereocenters. The van der Waals surface area contributed by atoms with E-state index in [1.165, 1.54) is 4.90 Å². The average Bonchev–Trinajstić information content (AvgIpc) is 2.65. The summed E-state index contributed by atoms with van der Waals surface area (Å²) >= 11 is 6.09. The third-order valence-corrected chi connectivity index (χ3v) is 4.63. The van der Waals surface area contributed by atoms with E-state index in [2.05, 4.69) is 15.0 Å². The fourth-order valence-electron chi connectivity index (χ4n) is 3.04. The monoisotopic (exact) mass is 415 g/mol. The topological polar surface area (TPSA) is 71.5 Å². The maximum absolute atomic E-state index is 12.6. The number of likely N-dealkylation sites (tertiary alicyclic amines) is 1. The van der Waals surface area contributed by atoms with Crippen LogP contribution in [-0.2, 0) is 9.53 Å². The van der Waals surface area contributed by atoms with Crippen molar-refractivity contribution in [3.63, 3.8) is 0 Å². The van der Waals surface area contributed by atoms with Gasteiger partial charge in [0.05, 0.1) is 11.2 Å². The lowest BCUT2D eigenvalue weighted by atomic mass is 9.96. The number of rotatable bonds is 3. The quantitative estimate of drug-likeness (QED) is 0.814. The fraction of sp³-hybridized carbons (Fsp3) is 0.389. The van der Waals surface area contributed by atoms with Gasteiger partial charge in [0.2, 0.25) is 5.91 Å². The molecule has 0 saturated carbocycles. The van der Waals surface area contributed by atoms with Crippen LogP contribution in [0.5, 0.6) is 0 Å². The fourth-order valence-corrected chi connectivity index (χ4v) is 3.27. The van der Waals surface area contributed by atoms with Gasteiger partial charge in [-0.2, -0.15) is 13.2 Å². The number of carbonyl (C=O) groups is 2. The molecule has 1 aliphatic rings. The molecule has 1 aliphatic heterocycles. The lowest BCUT2D eigenvalue weighted by molar-refractivity contribution is -0.162. The van der Waals surface area contributed by atoms with Crippen LogP contribution in [0.1, 0.15) is 12.8 Å². The smallest absolute Gasteiger partial charge is 0.422 e. The van der Waals surface area contributed by atoms with Crippen LogP contribution in [0, 0.1) is 5.92 Å². The Kier molecular flexibility index (Phi) is 5.93. The number of fused-ring (bicyclic) bond motifs is 1. The Morgan fingerprint density at radius 2 is 2.00 bits per heavy atom. The molecule has 1 aromatic carbocycles. The Morgan fingerprint density at radius 3 is 2.68 bits per heavy atom. The molecule has 0 unspecified atom stereocenters. The van der Waals surface area contributed by atoms with Gasteiger partial charge in [-0.15, -0.1) is 0 Å². The van der Waals surface area contributed by atoms with Crippen LogP contribution >= 0.6 is 11.6 Å². The largest absolute Gasteiger partial charge is 0.440 e. The Bertz CT molecular complexity index is 883. The highest BCUT2D eigenvalue weighted by Crippen LogP contribution is 2.28. The molecule has 2 amide bonds. The second kappa shape index (κ2) is 8.22. The van der Waals surface area contributed by atoms with Gasteiger partial charge in [-0.25, -0.2) is 4.79 Å². The number of piperidine rings is 1. The van der Waals surface area contributed by atoms with Gasteiger partial charge in [-0.1, -0.05) is 17.7 Å². The summed E-state index contributed by atoms with van der Waals surface area (Å²) in [6, 6.07) is 6.94. The molecule has 1 saturated heterocycles. The first kappa shape index (κ1) is 20.2. The van der Waals surface area contributed by atoms with Crippen LogP contribution < -0.4 is 5.32 Å². The summed E-state index contributed by atoms with van der Waals surface area (Å²) in [5, 5.41) is 4.06. The van der Waals surface area contributed by atoms with Crippen LogP contribution in [0.3, 0.4) is 0 Å². The minimum absolute atomic E-state index is 0.142. The van der Waals surface area contributed by atoms with Gasteiger partial charge in [0.25, 0.3) is 0 Å². The van der Waals surface area contributed by atoms with Crippen molar-refractivity contribution >= 4 is 40.2 Å². The number of nitrogens with one attached hydrogen (secondary N) is 1. The zero-order valence-electron chi connectivity index (χ0n) is 14.6. The normalized spacial score (nSPS) is 15.5. The summed E-state index contributed by atoms with van der Waals surface area (Å²) in [5.41, 5.74) is 1.09. The standard InChI is InChI=1S/C18H17ClF3N3O3/c19-13-8-12-2-1-5-23-15(12)14(9-13)24-16(26)11-3-6-25(7-4-11)17(27)28-10-18(20,21)22/h1-2,5,8-9,11H,3-4,6-7,10H2,(H,24,26). The first-order valence-corrected chi connectivity index (χ1v) is 8.94. The van der Waals surface area contributed by atoms with E-state index < -0.39 is 18.9 Å². The van der Waals surface area contributed by atoms with Crippen molar-refractivity contribution in [2.75, 3.05) is 25.0 Å². The van der Waals surface area contributed by atoms with Gasteiger partial charge in [0.1, 0.15) is 0 Å². The van der Waals surface area contributed by atoms with Gasteiger partial charge >= 0.3 is 12.3 Å². The second-order valence-electron chi connectivity index (χ2n) is 6.45. The van der Waals surface area contributed by atoms with Crippen molar-refractivity contribution in [2.24, 2.45) is 5.92 Å². The number of ether oxygens (including phenoxy) is 1. The number of hydrogen-bond acceptors (Lipinski definition) is 4. The SMILES string of the molecule is O=C(Nc1cc(Cl)cc2cccnc12)C1CCN(C(=O)OCC(F)(F)F)CC1. The minimum Gasteiger partial charge on any atom is -0.440 e. The Hall–Kier alpha value is -2.55. The number of anilines is 1. The second-order valence-corrected chi connectivity index (χ2v) is 6.89.